The molecule has 1 aromatic rings. The van der Waals surface area contributed by atoms with Crippen LogP contribution in [0.2, 0.25) is 0 Å². The Morgan fingerprint density at radius 3 is 2.62 bits per heavy atom. The molecule has 1 aromatic heterocycles. The molecule has 0 radical (unpaired) electrons. The van der Waals surface area contributed by atoms with Crippen LogP contribution in [0, 0.1) is 12.8 Å². The summed E-state index contributed by atoms with van der Waals surface area (Å²) in [6, 6.07) is 0.420. The predicted molar refractivity (Wildman–Crippen MR) is 82.4 cm³/mol. The standard InChI is InChI=1S/C14H26N4O2S/c1-5-9(2)10(3)18-21(19,20)14-13(11(4)16-17-14)8-15-12-6-7-12/h9-10,12,15,18H,5-8H2,1-4H3,(H,16,17). The fourth-order valence-corrected chi connectivity index (χ4v) is 3.71. The van der Waals surface area contributed by atoms with E-state index < -0.39 is 10.0 Å². The van der Waals surface area contributed by atoms with Crippen molar-refractivity contribution in [1.29, 1.82) is 0 Å². The van der Waals surface area contributed by atoms with Gasteiger partial charge in [0.15, 0.2) is 5.03 Å². The first-order chi connectivity index (χ1) is 9.85. The third kappa shape index (κ3) is 4.05. The Bertz CT molecular complexity index is 578. The third-order valence-electron chi connectivity index (χ3n) is 4.27. The van der Waals surface area contributed by atoms with E-state index in [1.165, 1.54) is 12.8 Å². The number of aryl methyl sites for hydroxylation is 1. The summed E-state index contributed by atoms with van der Waals surface area (Å²) in [4.78, 5) is 0. The van der Waals surface area contributed by atoms with Crippen molar-refractivity contribution in [2.75, 3.05) is 0 Å². The second-order valence-electron chi connectivity index (χ2n) is 6.08. The van der Waals surface area contributed by atoms with Gasteiger partial charge in [0.1, 0.15) is 0 Å². The van der Waals surface area contributed by atoms with E-state index in [1.807, 2.05) is 20.8 Å². The number of hydrogen-bond acceptors (Lipinski definition) is 4. The Morgan fingerprint density at radius 1 is 1.38 bits per heavy atom. The zero-order chi connectivity index (χ0) is 15.6. The lowest BCUT2D eigenvalue weighted by atomic mass is 10.0. The van der Waals surface area contributed by atoms with Gasteiger partial charge in [-0.2, -0.15) is 5.10 Å². The Balaban J connectivity index is 2.14. The summed E-state index contributed by atoms with van der Waals surface area (Å²) in [6.07, 6.45) is 3.27. The van der Waals surface area contributed by atoms with E-state index in [2.05, 4.69) is 27.2 Å². The first kappa shape index (κ1) is 16.5. The molecule has 6 nitrogen and oxygen atoms in total. The van der Waals surface area contributed by atoms with Gasteiger partial charge < -0.3 is 5.32 Å². The lowest BCUT2D eigenvalue weighted by Gasteiger charge is -2.19. The summed E-state index contributed by atoms with van der Waals surface area (Å²) in [5.74, 6) is 0.285. The molecular weight excluding hydrogens is 288 g/mol. The van der Waals surface area contributed by atoms with Crippen molar-refractivity contribution in [2.45, 2.75) is 70.6 Å². The molecule has 7 heteroatoms. The van der Waals surface area contributed by atoms with Crippen molar-refractivity contribution in [1.82, 2.24) is 20.2 Å². The number of hydrogen-bond donors (Lipinski definition) is 3. The molecule has 2 atom stereocenters. The van der Waals surface area contributed by atoms with Crippen molar-refractivity contribution >= 4 is 10.0 Å². The van der Waals surface area contributed by atoms with Crippen LogP contribution in [-0.2, 0) is 16.6 Å². The van der Waals surface area contributed by atoms with Crippen molar-refractivity contribution in [2.24, 2.45) is 5.92 Å². The van der Waals surface area contributed by atoms with Crippen molar-refractivity contribution in [3.63, 3.8) is 0 Å². The molecule has 0 amide bonds. The number of H-pyrrole nitrogens is 1. The zero-order valence-electron chi connectivity index (χ0n) is 13.2. The highest BCUT2D eigenvalue weighted by Gasteiger charge is 2.28. The van der Waals surface area contributed by atoms with Crippen LogP contribution in [0.1, 0.15) is 51.3 Å². The Morgan fingerprint density at radius 2 is 2.05 bits per heavy atom. The Kier molecular flexibility index (Phi) is 5.06. The van der Waals surface area contributed by atoms with Crippen molar-refractivity contribution in [3.05, 3.63) is 11.3 Å². The maximum atomic E-state index is 12.5. The minimum Gasteiger partial charge on any atom is -0.310 e. The maximum absolute atomic E-state index is 12.5. The number of rotatable bonds is 8. The SMILES string of the molecule is CCC(C)C(C)NS(=O)(=O)c1n[nH]c(C)c1CNC1CC1. The highest BCUT2D eigenvalue weighted by Crippen LogP contribution is 2.22. The van der Waals surface area contributed by atoms with Crippen molar-refractivity contribution in [3.8, 4) is 0 Å². The highest BCUT2D eigenvalue weighted by molar-refractivity contribution is 7.89. The fourth-order valence-electron chi connectivity index (χ4n) is 2.16. The number of aromatic amines is 1. The Labute approximate surface area is 127 Å². The van der Waals surface area contributed by atoms with E-state index in [4.69, 9.17) is 0 Å². The van der Waals surface area contributed by atoms with Gasteiger partial charge in [-0.3, -0.25) is 5.10 Å². The molecule has 0 bridgehead atoms. The molecule has 1 fully saturated rings. The van der Waals surface area contributed by atoms with E-state index in [9.17, 15) is 8.42 Å². The first-order valence-corrected chi connectivity index (χ1v) is 9.13. The van der Waals surface area contributed by atoms with Crippen LogP contribution < -0.4 is 10.0 Å². The molecule has 2 rings (SSSR count). The number of nitrogens with zero attached hydrogens (tertiary/aromatic N) is 1. The molecule has 120 valence electrons. The second kappa shape index (κ2) is 6.46. The molecule has 2 unspecified atom stereocenters. The topological polar surface area (TPSA) is 86.9 Å². The summed E-state index contributed by atoms with van der Waals surface area (Å²) in [5.41, 5.74) is 1.55. The molecule has 0 aromatic carbocycles. The molecule has 3 N–H and O–H groups in total. The maximum Gasteiger partial charge on any atom is 0.260 e. The summed E-state index contributed by atoms with van der Waals surface area (Å²) < 4.78 is 27.8. The minimum atomic E-state index is -3.58. The molecule has 1 heterocycles. The van der Waals surface area contributed by atoms with Gasteiger partial charge in [-0.15, -0.1) is 0 Å². The lowest BCUT2D eigenvalue weighted by Crippen LogP contribution is -2.37. The molecule has 0 spiro atoms. The van der Waals surface area contributed by atoms with Crippen LogP contribution in [0.3, 0.4) is 0 Å². The zero-order valence-corrected chi connectivity index (χ0v) is 14.0. The van der Waals surface area contributed by atoms with Crippen LogP contribution in [0.4, 0.5) is 0 Å². The van der Waals surface area contributed by atoms with Gasteiger partial charge in [-0.1, -0.05) is 20.3 Å². The van der Waals surface area contributed by atoms with Gasteiger partial charge in [0, 0.05) is 29.9 Å². The van der Waals surface area contributed by atoms with Gasteiger partial charge in [-0.05, 0) is 32.6 Å². The van der Waals surface area contributed by atoms with Crippen molar-refractivity contribution < 1.29 is 8.42 Å². The smallest absolute Gasteiger partial charge is 0.260 e. The largest absolute Gasteiger partial charge is 0.310 e. The molecule has 1 aliphatic rings. The van der Waals surface area contributed by atoms with E-state index in [0.29, 0.717) is 12.6 Å². The molecule has 1 aliphatic carbocycles. The van der Waals surface area contributed by atoms with E-state index in [0.717, 1.165) is 17.7 Å². The molecule has 1 saturated carbocycles. The fraction of sp³-hybridized carbons (Fsp3) is 0.786. The first-order valence-electron chi connectivity index (χ1n) is 7.64. The number of nitrogens with one attached hydrogen (secondary N) is 3. The van der Waals surface area contributed by atoms with Crippen LogP contribution in [0.25, 0.3) is 0 Å². The minimum absolute atomic E-state index is 0.110. The van der Waals surface area contributed by atoms with Crippen LogP contribution >= 0.6 is 0 Å². The molecule has 0 saturated heterocycles. The van der Waals surface area contributed by atoms with Gasteiger partial charge in [0.2, 0.25) is 0 Å². The quantitative estimate of drug-likeness (QED) is 0.681. The normalized spacial score (nSPS) is 18.7. The summed E-state index contributed by atoms with van der Waals surface area (Å²) in [5, 5.41) is 10.3. The molecular formula is C14H26N4O2S. The van der Waals surface area contributed by atoms with Crippen LogP contribution in [0.5, 0.6) is 0 Å². The lowest BCUT2D eigenvalue weighted by molar-refractivity contribution is 0.433. The highest BCUT2D eigenvalue weighted by atomic mass is 32.2. The van der Waals surface area contributed by atoms with Gasteiger partial charge in [-0.25, -0.2) is 13.1 Å². The van der Waals surface area contributed by atoms with E-state index in [-0.39, 0.29) is 17.0 Å². The van der Waals surface area contributed by atoms with E-state index >= 15 is 0 Å². The summed E-state index contributed by atoms with van der Waals surface area (Å²) >= 11 is 0. The van der Waals surface area contributed by atoms with Crippen LogP contribution in [0.15, 0.2) is 5.03 Å². The average Bonchev–Trinajstić information content (AvgIpc) is 3.17. The third-order valence-corrected chi connectivity index (χ3v) is 5.80. The monoisotopic (exact) mass is 314 g/mol. The van der Waals surface area contributed by atoms with E-state index in [1.54, 1.807) is 0 Å². The number of sulfonamides is 1. The molecule has 21 heavy (non-hydrogen) atoms. The summed E-state index contributed by atoms with van der Waals surface area (Å²) in [6.45, 7) is 8.39. The van der Waals surface area contributed by atoms with Crippen LogP contribution in [-0.4, -0.2) is 30.7 Å². The molecule has 0 aliphatic heterocycles. The van der Waals surface area contributed by atoms with Gasteiger partial charge >= 0.3 is 0 Å². The van der Waals surface area contributed by atoms with Gasteiger partial charge in [0.05, 0.1) is 0 Å². The Hall–Kier alpha value is -0.920. The second-order valence-corrected chi connectivity index (χ2v) is 7.71. The average molecular weight is 314 g/mol. The summed E-state index contributed by atoms with van der Waals surface area (Å²) in [7, 11) is -3.58. The van der Waals surface area contributed by atoms with Gasteiger partial charge in [0.25, 0.3) is 10.0 Å². The predicted octanol–water partition coefficient (Wildman–Crippen LogP) is 1.68. The number of aromatic nitrogens is 2.